The molecule has 0 saturated heterocycles. The van der Waals surface area contributed by atoms with Gasteiger partial charge in [0.1, 0.15) is 0 Å². The summed E-state index contributed by atoms with van der Waals surface area (Å²) >= 11 is 0. The van der Waals surface area contributed by atoms with E-state index >= 15 is 0 Å². The summed E-state index contributed by atoms with van der Waals surface area (Å²) in [6, 6.07) is 7.50. The number of rotatable bonds is 6. The van der Waals surface area contributed by atoms with Crippen LogP contribution in [0.3, 0.4) is 0 Å². The van der Waals surface area contributed by atoms with Crippen LogP contribution in [0.5, 0.6) is 0 Å². The van der Waals surface area contributed by atoms with Gasteiger partial charge in [0.05, 0.1) is 12.1 Å². The minimum Gasteiger partial charge on any atom is -0.339 e. The Bertz CT molecular complexity index is 509. The van der Waals surface area contributed by atoms with Crippen molar-refractivity contribution in [2.45, 2.75) is 33.6 Å². The molecular formula is C18H26N2O. The van der Waals surface area contributed by atoms with E-state index in [1.54, 1.807) is 0 Å². The van der Waals surface area contributed by atoms with E-state index < -0.39 is 0 Å². The number of amides is 1. The van der Waals surface area contributed by atoms with Gasteiger partial charge in [-0.2, -0.15) is 0 Å². The molecule has 0 spiro atoms. The molecule has 1 aromatic carbocycles. The molecule has 0 radical (unpaired) electrons. The summed E-state index contributed by atoms with van der Waals surface area (Å²) < 4.78 is 0. The molecule has 0 saturated carbocycles. The molecular weight excluding hydrogens is 260 g/mol. The van der Waals surface area contributed by atoms with Crippen molar-refractivity contribution in [3.63, 3.8) is 0 Å². The first-order chi connectivity index (χ1) is 10.2. The number of hydrogen-bond acceptors (Lipinski definition) is 2. The molecule has 3 nitrogen and oxygen atoms in total. The summed E-state index contributed by atoms with van der Waals surface area (Å²) in [5.74, 6) is 6.43. The van der Waals surface area contributed by atoms with E-state index in [-0.39, 0.29) is 5.91 Å². The van der Waals surface area contributed by atoms with Crippen LogP contribution < -0.4 is 5.73 Å². The average molecular weight is 286 g/mol. The fourth-order valence-corrected chi connectivity index (χ4v) is 2.31. The van der Waals surface area contributed by atoms with Crippen molar-refractivity contribution in [1.82, 2.24) is 4.90 Å². The summed E-state index contributed by atoms with van der Waals surface area (Å²) in [6.07, 6.45) is 2.18. The molecule has 0 heterocycles. The lowest BCUT2D eigenvalue weighted by Gasteiger charge is -2.26. The minimum absolute atomic E-state index is 0.0614. The second-order valence-corrected chi connectivity index (χ2v) is 5.08. The third kappa shape index (κ3) is 4.91. The summed E-state index contributed by atoms with van der Waals surface area (Å²) in [5, 5.41) is 0. The number of carbonyl (C=O) groups excluding carboxylic acids is 1. The lowest BCUT2D eigenvalue weighted by molar-refractivity contribution is 0.0734. The molecule has 1 rings (SSSR count). The van der Waals surface area contributed by atoms with E-state index in [0.717, 1.165) is 24.9 Å². The van der Waals surface area contributed by atoms with Gasteiger partial charge in [-0.05, 0) is 25.0 Å². The predicted octanol–water partition coefficient (Wildman–Crippen LogP) is 2.90. The van der Waals surface area contributed by atoms with Crippen molar-refractivity contribution in [3.8, 4) is 11.8 Å². The van der Waals surface area contributed by atoms with Gasteiger partial charge in [0.2, 0.25) is 0 Å². The molecule has 1 aromatic rings. The normalized spacial score (nSPS) is 10.1. The summed E-state index contributed by atoms with van der Waals surface area (Å²) in [4.78, 5) is 14.7. The van der Waals surface area contributed by atoms with Crippen molar-refractivity contribution in [2.75, 3.05) is 19.6 Å². The molecule has 0 fully saturated rings. The molecule has 21 heavy (non-hydrogen) atoms. The highest BCUT2D eigenvalue weighted by atomic mass is 16.2. The van der Waals surface area contributed by atoms with E-state index in [2.05, 4.69) is 25.7 Å². The van der Waals surface area contributed by atoms with Crippen LogP contribution in [0.1, 0.15) is 49.5 Å². The Labute approximate surface area is 128 Å². The van der Waals surface area contributed by atoms with Gasteiger partial charge in [-0.3, -0.25) is 4.79 Å². The molecule has 2 N–H and O–H groups in total. The zero-order valence-electron chi connectivity index (χ0n) is 13.4. The highest BCUT2D eigenvalue weighted by molar-refractivity contribution is 5.96. The number of benzene rings is 1. The van der Waals surface area contributed by atoms with Gasteiger partial charge in [-0.1, -0.05) is 50.7 Å². The van der Waals surface area contributed by atoms with Crippen LogP contribution in [0.25, 0.3) is 0 Å². The average Bonchev–Trinajstić information content (AvgIpc) is 2.54. The summed E-state index contributed by atoms with van der Waals surface area (Å²) in [6.45, 7) is 8.19. The van der Waals surface area contributed by atoms with Crippen molar-refractivity contribution in [3.05, 3.63) is 35.4 Å². The van der Waals surface area contributed by atoms with Crippen LogP contribution in [0.15, 0.2) is 24.3 Å². The Morgan fingerprint density at radius 1 is 1.24 bits per heavy atom. The van der Waals surface area contributed by atoms with Crippen molar-refractivity contribution in [1.29, 1.82) is 0 Å². The fourth-order valence-electron chi connectivity index (χ4n) is 2.31. The Morgan fingerprint density at radius 2 is 1.90 bits per heavy atom. The number of hydrogen-bond donors (Lipinski definition) is 1. The molecule has 0 aromatic heterocycles. The molecule has 3 heteroatoms. The van der Waals surface area contributed by atoms with Crippen LogP contribution in [-0.2, 0) is 0 Å². The molecule has 114 valence electrons. The Morgan fingerprint density at radius 3 is 2.48 bits per heavy atom. The Balaban J connectivity index is 3.00. The van der Waals surface area contributed by atoms with Crippen LogP contribution >= 0.6 is 0 Å². The van der Waals surface area contributed by atoms with Gasteiger partial charge in [-0.25, -0.2) is 0 Å². The molecule has 0 aliphatic carbocycles. The van der Waals surface area contributed by atoms with Crippen LogP contribution in [0.4, 0.5) is 0 Å². The molecule has 0 atom stereocenters. The van der Waals surface area contributed by atoms with Crippen LogP contribution in [0.2, 0.25) is 0 Å². The smallest absolute Gasteiger partial charge is 0.255 e. The van der Waals surface area contributed by atoms with Gasteiger partial charge in [0, 0.05) is 18.7 Å². The number of nitrogens with two attached hydrogens (primary N) is 1. The molecule has 1 amide bonds. The third-order valence-electron chi connectivity index (χ3n) is 3.78. The minimum atomic E-state index is 0.0614. The fraction of sp³-hybridized carbons (Fsp3) is 0.500. The van der Waals surface area contributed by atoms with E-state index in [4.69, 9.17) is 5.73 Å². The topological polar surface area (TPSA) is 46.3 Å². The third-order valence-corrected chi connectivity index (χ3v) is 3.78. The second-order valence-electron chi connectivity index (χ2n) is 5.08. The molecule has 0 aliphatic rings. The van der Waals surface area contributed by atoms with Gasteiger partial charge in [-0.15, -0.1) is 0 Å². The first-order valence-electron chi connectivity index (χ1n) is 7.75. The Hall–Kier alpha value is -1.79. The van der Waals surface area contributed by atoms with Crippen molar-refractivity contribution < 1.29 is 4.79 Å². The first kappa shape index (κ1) is 17.3. The number of carbonyl (C=O) groups is 1. The van der Waals surface area contributed by atoms with Gasteiger partial charge in [0.15, 0.2) is 0 Å². The lowest BCUT2D eigenvalue weighted by Crippen LogP contribution is -2.35. The maximum atomic E-state index is 12.8. The maximum Gasteiger partial charge on any atom is 0.255 e. The van der Waals surface area contributed by atoms with E-state index in [9.17, 15) is 4.79 Å². The zero-order valence-corrected chi connectivity index (χ0v) is 13.4. The first-order valence-corrected chi connectivity index (χ1v) is 7.75. The molecule has 0 bridgehead atoms. The summed E-state index contributed by atoms with van der Waals surface area (Å²) in [7, 11) is 0. The molecule has 0 aliphatic heterocycles. The predicted molar refractivity (Wildman–Crippen MR) is 88.0 cm³/mol. The van der Waals surface area contributed by atoms with Crippen molar-refractivity contribution >= 4 is 5.91 Å². The quantitative estimate of drug-likeness (QED) is 0.817. The highest BCUT2D eigenvalue weighted by Gasteiger charge is 2.19. The van der Waals surface area contributed by atoms with Gasteiger partial charge in [0.25, 0.3) is 5.91 Å². The second kappa shape index (κ2) is 9.20. The van der Waals surface area contributed by atoms with E-state index in [0.29, 0.717) is 24.6 Å². The monoisotopic (exact) mass is 286 g/mol. The number of nitrogens with zero attached hydrogens (tertiary/aromatic N) is 1. The van der Waals surface area contributed by atoms with E-state index in [1.165, 1.54) is 0 Å². The summed E-state index contributed by atoms with van der Waals surface area (Å²) in [5.41, 5.74) is 6.85. The van der Waals surface area contributed by atoms with Gasteiger partial charge < -0.3 is 10.6 Å². The SMILES string of the molecule is CCC(CC)CN(CC)C(=O)c1ccccc1C#CCN. The zero-order chi connectivity index (χ0) is 15.7. The standard InChI is InChI=1S/C18H26N2O/c1-4-15(5-2)14-20(6-3)18(21)17-12-8-7-10-16(17)11-9-13-19/h7-8,10,12,15H,4-6,13-14,19H2,1-3H3. The lowest BCUT2D eigenvalue weighted by atomic mass is 10.0. The van der Waals surface area contributed by atoms with Crippen LogP contribution in [-0.4, -0.2) is 30.4 Å². The Kier molecular flexibility index (Phi) is 7.56. The van der Waals surface area contributed by atoms with Crippen molar-refractivity contribution in [2.24, 2.45) is 11.7 Å². The van der Waals surface area contributed by atoms with E-state index in [1.807, 2.05) is 36.1 Å². The largest absolute Gasteiger partial charge is 0.339 e. The maximum absolute atomic E-state index is 12.8. The van der Waals surface area contributed by atoms with Crippen LogP contribution in [0, 0.1) is 17.8 Å². The van der Waals surface area contributed by atoms with Gasteiger partial charge >= 0.3 is 0 Å². The molecule has 0 unspecified atom stereocenters. The highest BCUT2D eigenvalue weighted by Crippen LogP contribution is 2.15.